The molecule has 1 rings (SSSR count). The molecule has 13 heavy (non-hydrogen) atoms. The van der Waals surface area contributed by atoms with Crippen molar-refractivity contribution in [3.63, 3.8) is 0 Å². The maximum absolute atomic E-state index is 5.57. The Morgan fingerprint density at radius 3 is 2.85 bits per heavy atom. The molecule has 78 valence electrons. The molecule has 1 aliphatic heterocycles. The normalized spacial score (nSPS) is 28.4. The molecule has 0 aromatic rings. The van der Waals surface area contributed by atoms with Gasteiger partial charge in [0.15, 0.2) is 0 Å². The Kier molecular flexibility index (Phi) is 4.70. The van der Waals surface area contributed by atoms with Crippen LogP contribution in [-0.2, 0) is 4.74 Å². The molecule has 0 amide bonds. The molecule has 3 atom stereocenters. The fourth-order valence-electron chi connectivity index (χ4n) is 2.07. The second-order valence-electron chi connectivity index (χ2n) is 4.06. The van der Waals surface area contributed by atoms with Gasteiger partial charge in [-0.1, -0.05) is 20.3 Å². The Morgan fingerprint density at radius 2 is 2.38 bits per heavy atom. The molecule has 1 heterocycles. The Hall–Kier alpha value is -0.120. The molecular weight excluding hydrogens is 164 g/mol. The molecule has 0 bridgehead atoms. The number of rotatable bonds is 4. The first kappa shape index (κ1) is 11.0. The van der Waals surface area contributed by atoms with Crippen LogP contribution in [0.4, 0.5) is 0 Å². The predicted octanol–water partition coefficient (Wildman–Crippen LogP) is 1.29. The van der Waals surface area contributed by atoms with Crippen LogP contribution in [-0.4, -0.2) is 19.3 Å². The number of hydrazine groups is 1. The summed E-state index contributed by atoms with van der Waals surface area (Å²) in [5.41, 5.74) is 2.94. The fourth-order valence-corrected chi connectivity index (χ4v) is 2.07. The van der Waals surface area contributed by atoms with E-state index in [-0.39, 0.29) is 0 Å². The third-order valence-electron chi connectivity index (χ3n) is 3.15. The highest BCUT2D eigenvalue weighted by Gasteiger charge is 2.26. The average Bonchev–Trinajstić information content (AvgIpc) is 2.20. The van der Waals surface area contributed by atoms with Gasteiger partial charge in [-0.3, -0.25) is 11.3 Å². The molecule has 1 fully saturated rings. The second-order valence-corrected chi connectivity index (χ2v) is 4.06. The Balaban J connectivity index is 2.43. The van der Waals surface area contributed by atoms with Gasteiger partial charge in [0.05, 0.1) is 6.61 Å². The molecule has 1 aliphatic rings. The van der Waals surface area contributed by atoms with Crippen LogP contribution in [0.2, 0.25) is 0 Å². The van der Waals surface area contributed by atoms with Crippen molar-refractivity contribution in [2.75, 3.05) is 13.2 Å². The highest BCUT2D eigenvalue weighted by molar-refractivity contribution is 4.80. The van der Waals surface area contributed by atoms with E-state index in [1.54, 1.807) is 0 Å². The van der Waals surface area contributed by atoms with Crippen LogP contribution in [0, 0.1) is 11.8 Å². The highest BCUT2D eigenvalue weighted by Crippen LogP contribution is 2.23. The number of nitrogens with two attached hydrogens (primary N) is 1. The SMILES string of the molecule is CCC(C)C(NN)C1CCCOC1. The average molecular weight is 186 g/mol. The molecule has 3 nitrogen and oxygen atoms in total. The van der Waals surface area contributed by atoms with Crippen molar-refractivity contribution in [1.82, 2.24) is 5.43 Å². The molecule has 0 aromatic carbocycles. The zero-order valence-corrected chi connectivity index (χ0v) is 8.75. The first-order chi connectivity index (χ1) is 6.29. The van der Waals surface area contributed by atoms with Gasteiger partial charge in [0.25, 0.3) is 0 Å². The van der Waals surface area contributed by atoms with E-state index in [4.69, 9.17) is 10.6 Å². The lowest BCUT2D eigenvalue weighted by Gasteiger charge is -2.33. The summed E-state index contributed by atoms with van der Waals surface area (Å²) in [5, 5.41) is 0. The molecule has 1 saturated heterocycles. The number of hydrogen-bond acceptors (Lipinski definition) is 3. The van der Waals surface area contributed by atoms with Crippen molar-refractivity contribution in [3.8, 4) is 0 Å². The number of nitrogens with one attached hydrogen (secondary N) is 1. The van der Waals surface area contributed by atoms with Gasteiger partial charge in [0.2, 0.25) is 0 Å². The summed E-state index contributed by atoms with van der Waals surface area (Å²) in [6.07, 6.45) is 3.60. The molecule has 0 radical (unpaired) electrons. The highest BCUT2D eigenvalue weighted by atomic mass is 16.5. The minimum absolute atomic E-state index is 0.422. The molecule has 0 spiro atoms. The first-order valence-corrected chi connectivity index (χ1v) is 5.33. The number of hydrogen-bond donors (Lipinski definition) is 2. The quantitative estimate of drug-likeness (QED) is 0.514. The fraction of sp³-hybridized carbons (Fsp3) is 1.00. The van der Waals surface area contributed by atoms with Crippen molar-refractivity contribution in [2.24, 2.45) is 17.7 Å². The lowest BCUT2D eigenvalue weighted by atomic mass is 9.85. The minimum Gasteiger partial charge on any atom is -0.381 e. The topological polar surface area (TPSA) is 47.3 Å². The van der Waals surface area contributed by atoms with E-state index in [2.05, 4.69) is 19.3 Å². The second kappa shape index (κ2) is 5.58. The summed E-state index contributed by atoms with van der Waals surface area (Å²) < 4.78 is 5.46. The molecule has 3 heteroatoms. The van der Waals surface area contributed by atoms with Crippen molar-refractivity contribution in [1.29, 1.82) is 0 Å². The summed E-state index contributed by atoms with van der Waals surface area (Å²) in [6, 6.07) is 0.422. The Labute approximate surface area is 81.0 Å². The lowest BCUT2D eigenvalue weighted by molar-refractivity contribution is 0.0297. The summed E-state index contributed by atoms with van der Waals surface area (Å²) in [4.78, 5) is 0. The smallest absolute Gasteiger partial charge is 0.0509 e. The summed E-state index contributed by atoms with van der Waals surface area (Å²) in [7, 11) is 0. The standard InChI is InChI=1S/C10H22N2O/c1-3-8(2)10(12-11)9-5-4-6-13-7-9/h8-10,12H,3-7,11H2,1-2H3. The van der Waals surface area contributed by atoms with Crippen LogP contribution in [0.25, 0.3) is 0 Å². The van der Waals surface area contributed by atoms with E-state index in [0.29, 0.717) is 17.9 Å². The monoisotopic (exact) mass is 186 g/mol. The van der Waals surface area contributed by atoms with Crippen molar-refractivity contribution in [3.05, 3.63) is 0 Å². The van der Waals surface area contributed by atoms with Gasteiger partial charge in [-0.2, -0.15) is 0 Å². The van der Waals surface area contributed by atoms with E-state index < -0.39 is 0 Å². The zero-order valence-electron chi connectivity index (χ0n) is 8.75. The van der Waals surface area contributed by atoms with E-state index in [1.807, 2.05) is 0 Å². The van der Waals surface area contributed by atoms with Crippen LogP contribution >= 0.6 is 0 Å². The van der Waals surface area contributed by atoms with Crippen LogP contribution in [0.15, 0.2) is 0 Å². The molecular formula is C10H22N2O. The summed E-state index contributed by atoms with van der Waals surface area (Å²) in [5.74, 6) is 6.82. The van der Waals surface area contributed by atoms with Gasteiger partial charge in [0.1, 0.15) is 0 Å². The minimum atomic E-state index is 0.422. The van der Waals surface area contributed by atoms with E-state index in [1.165, 1.54) is 19.3 Å². The third-order valence-corrected chi connectivity index (χ3v) is 3.15. The molecule has 0 saturated carbocycles. The van der Waals surface area contributed by atoms with Gasteiger partial charge in [0, 0.05) is 12.6 Å². The van der Waals surface area contributed by atoms with Crippen LogP contribution < -0.4 is 11.3 Å². The zero-order chi connectivity index (χ0) is 9.68. The maximum Gasteiger partial charge on any atom is 0.0509 e. The van der Waals surface area contributed by atoms with E-state index in [0.717, 1.165) is 13.2 Å². The molecule has 3 N–H and O–H groups in total. The molecule has 0 aromatic heterocycles. The van der Waals surface area contributed by atoms with Crippen molar-refractivity contribution >= 4 is 0 Å². The summed E-state index contributed by atoms with van der Waals surface area (Å²) in [6.45, 7) is 6.26. The van der Waals surface area contributed by atoms with Crippen LogP contribution in [0.1, 0.15) is 33.1 Å². The Morgan fingerprint density at radius 1 is 1.62 bits per heavy atom. The molecule has 0 aliphatic carbocycles. The van der Waals surface area contributed by atoms with Crippen molar-refractivity contribution < 1.29 is 4.74 Å². The predicted molar refractivity (Wildman–Crippen MR) is 54.1 cm³/mol. The third kappa shape index (κ3) is 2.93. The van der Waals surface area contributed by atoms with Crippen LogP contribution in [0.3, 0.4) is 0 Å². The largest absolute Gasteiger partial charge is 0.381 e. The van der Waals surface area contributed by atoms with Gasteiger partial charge in [-0.25, -0.2) is 0 Å². The Bertz CT molecular complexity index is 135. The summed E-state index contributed by atoms with van der Waals surface area (Å²) >= 11 is 0. The van der Waals surface area contributed by atoms with Gasteiger partial charge >= 0.3 is 0 Å². The van der Waals surface area contributed by atoms with Gasteiger partial charge < -0.3 is 4.74 Å². The lowest BCUT2D eigenvalue weighted by Crippen LogP contribution is -2.47. The van der Waals surface area contributed by atoms with E-state index in [9.17, 15) is 0 Å². The van der Waals surface area contributed by atoms with E-state index >= 15 is 0 Å². The van der Waals surface area contributed by atoms with Gasteiger partial charge in [-0.05, 0) is 24.7 Å². The van der Waals surface area contributed by atoms with Crippen LogP contribution in [0.5, 0.6) is 0 Å². The molecule has 3 unspecified atom stereocenters. The maximum atomic E-state index is 5.57. The van der Waals surface area contributed by atoms with Crippen molar-refractivity contribution in [2.45, 2.75) is 39.2 Å². The number of ether oxygens (including phenoxy) is 1. The van der Waals surface area contributed by atoms with Gasteiger partial charge in [-0.15, -0.1) is 0 Å². The first-order valence-electron chi connectivity index (χ1n) is 5.33.